The minimum atomic E-state index is -0.966. The molecule has 1 saturated carbocycles. The van der Waals surface area contributed by atoms with Gasteiger partial charge in [-0.3, -0.25) is 14.4 Å². The normalized spacial score (nSPS) is 41.6. The molecule has 36 heavy (non-hydrogen) atoms. The summed E-state index contributed by atoms with van der Waals surface area (Å²) in [4.78, 5) is 38.7. The van der Waals surface area contributed by atoms with E-state index in [9.17, 15) is 14.4 Å². The SMILES string of the molecule is C=C1[C@@H]2CC[C@@]3(C)[C@H](c4ccoc4)OC(=O)C[C@]13OC[C@H]1CC(=O)OC(C)(C)[C@H](CC(=O)OC)[C@]12C. The van der Waals surface area contributed by atoms with E-state index >= 15 is 0 Å². The number of ether oxygens (including phenoxy) is 4. The van der Waals surface area contributed by atoms with E-state index in [4.69, 9.17) is 23.4 Å². The lowest BCUT2D eigenvalue weighted by Crippen LogP contribution is -2.62. The number of furan rings is 1. The second kappa shape index (κ2) is 8.20. The number of esters is 3. The Morgan fingerprint density at radius 2 is 1.94 bits per heavy atom. The third-order valence-electron chi connectivity index (χ3n) is 10.0. The predicted octanol–water partition coefficient (Wildman–Crippen LogP) is 4.54. The molecule has 196 valence electrons. The molecule has 1 aromatic rings. The van der Waals surface area contributed by atoms with Gasteiger partial charge in [0.25, 0.3) is 0 Å². The van der Waals surface area contributed by atoms with E-state index in [1.165, 1.54) is 7.11 Å². The van der Waals surface area contributed by atoms with E-state index in [1.807, 2.05) is 19.9 Å². The van der Waals surface area contributed by atoms with Gasteiger partial charge in [0.05, 0.1) is 45.5 Å². The highest BCUT2D eigenvalue weighted by atomic mass is 16.6. The second-order valence-electron chi connectivity index (χ2n) is 12.0. The number of rotatable bonds is 3. The van der Waals surface area contributed by atoms with Crippen molar-refractivity contribution in [2.75, 3.05) is 13.7 Å². The van der Waals surface area contributed by atoms with Crippen LogP contribution in [0.2, 0.25) is 0 Å². The summed E-state index contributed by atoms with van der Waals surface area (Å²) in [6.07, 6.45) is 4.45. The maximum atomic E-state index is 13.1. The quantitative estimate of drug-likeness (QED) is 0.339. The first-order valence-electron chi connectivity index (χ1n) is 12.7. The zero-order valence-electron chi connectivity index (χ0n) is 21.8. The van der Waals surface area contributed by atoms with Crippen LogP contribution in [-0.4, -0.2) is 42.8 Å². The first kappa shape index (κ1) is 25.1. The van der Waals surface area contributed by atoms with Crippen LogP contribution in [0.4, 0.5) is 0 Å². The zero-order chi connectivity index (χ0) is 26.1. The van der Waals surface area contributed by atoms with E-state index in [1.54, 1.807) is 12.5 Å². The smallest absolute Gasteiger partial charge is 0.309 e. The van der Waals surface area contributed by atoms with Crippen molar-refractivity contribution in [1.82, 2.24) is 0 Å². The van der Waals surface area contributed by atoms with E-state index in [-0.39, 0.29) is 61.5 Å². The summed E-state index contributed by atoms with van der Waals surface area (Å²) in [6, 6.07) is 1.82. The molecule has 0 aromatic carbocycles. The molecule has 8 nitrogen and oxygen atoms in total. The number of carbonyl (C=O) groups is 3. The summed E-state index contributed by atoms with van der Waals surface area (Å²) in [7, 11) is 1.37. The lowest BCUT2D eigenvalue weighted by atomic mass is 9.46. The van der Waals surface area contributed by atoms with Gasteiger partial charge in [0.1, 0.15) is 17.3 Å². The van der Waals surface area contributed by atoms with Crippen LogP contribution in [0.25, 0.3) is 0 Å². The standard InChI is InChI=1S/C28H36O8/c1-16-19-7-9-26(4)24(17-8-10-33-14-17)35-23(31)13-28(16,26)34-15-18-11-22(30)36-25(2,3)20(27(18,19)5)12-21(29)32-6/h8,10,14,18-20,24H,1,7,9,11-13,15H2,2-6H3/t18-,19+,20+,24+,26+,27-,28+/m1/s1. The molecule has 0 N–H and O–H groups in total. The average Bonchev–Trinajstić information content (AvgIpc) is 3.31. The summed E-state index contributed by atoms with van der Waals surface area (Å²) in [6.45, 7) is 12.8. The van der Waals surface area contributed by atoms with Crippen molar-refractivity contribution in [2.45, 2.75) is 77.1 Å². The molecule has 1 aromatic heterocycles. The lowest BCUT2D eigenvalue weighted by Gasteiger charge is -2.60. The lowest BCUT2D eigenvalue weighted by molar-refractivity contribution is -0.224. The maximum Gasteiger partial charge on any atom is 0.309 e. The molecule has 1 spiro atoms. The van der Waals surface area contributed by atoms with Gasteiger partial charge in [-0.1, -0.05) is 20.4 Å². The van der Waals surface area contributed by atoms with Crippen LogP contribution in [0, 0.1) is 28.6 Å². The van der Waals surface area contributed by atoms with Crippen LogP contribution < -0.4 is 0 Å². The molecule has 4 aliphatic rings. The largest absolute Gasteiger partial charge is 0.472 e. The third kappa shape index (κ3) is 3.32. The molecule has 4 heterocycles. The molecule has 0 unspecified atom stereocenters. The molecule has 0 amide bonds. The van der Waals surface area contributed by atoms with Crippen LogP contribution in [0.5, 0.6) is 0 Å². The number of fused-ring (bicyclic) bond motifs is 3. The van der Waals surface area contributed by atoms with Crippen LogP contribution in [-0.2, 0) is 33.3 Å². The van der Waals surface area contributed by atoms with Crippen LogP contribution in [0.3, 0.4) is 0 Å². The Bertz CT molecular complexity index is 1090. The predicted molar refractivity (Wildman–Crippen MR) is 127 cm³/mol. The van der Waals surface area contributed by atoms with Crippen molar-refractivity contribution < 1.29 is 37.7 Å². The Kier molecular flexibility index (Phi) is 5.71. The van der Waals surface area contributed by atoms with Gasteiger partial charge >= 0.3 is 17.9 Å². The van der Waals surface area contributed by atoms with Crippen LogP contribution >= 0.6 is 0 Å². The fraction of sp³-hybridized carbons (Fsp3) is 0.679. The van der Waals surface area contributed by atoms with Crippen molar-refractivity contribution in [2.24, 2.45) is 28.6 Å². The van der Waals surface area contributed by atoms with Gasteiger partial charge in [-0.2, -0.15) is 0 Å². The highest BCUT2D eigenvalue weighted by molar-refractivity contribution is 5.75. The highest BCUT2D eigenvalue weighted by Gasteiger charge is 2.70. The van der Waals surface area contributed by atoms with Gasteiger partial charge in [0, 0.05) is 16.9 Å². The molecule has 3 saturated heterocycles. The van der Waals surface area contributed by atoms with Gasteiger partial charge in [-0.05, 0) is 55.6 Å². The summed E-state index contributed by atoms with van der Waals surface area (Å²) < 4.78 is 29.1. The van der Waals surface area contributed by atoms with Gasteiger partial charge in [0.15, 0.2) is 0 Å². The van der Waals surface area contributed by atoms with Gasteiger partial charge in [-0.25, -0.2) is 0 Å². The number of hydrogen-bond acceptors (Lipinski definition) is 8. The highest BCUT2D eigenvalue weighted by Crippen LogP contribution is 2.69. The molecular weight excluding hydrogens is 464 g/mol. The van der Waals surface area contributed by atoms with Crippen LogP contribution in [0.15, 0.2) is 35.2 Å². The number of cyclic esters (lactones) is 2. The maximum absolute atomic E-state index is 13.1. The van der Waals surface area contributed by atoms with Gasteiger partial charge in [-0.15, -0.1) is 0 Å². The Morgan fingerprint density at radius 1 is 1.19 bits per heavy atom. The van der Waals surface area contributed by atoms with Gasteiger partial charge < -0.3 is 23.4 Å². The summed E-state index contributed by atoms with van der Waals surface area (Å²) in [5.41, 5.74) is -1.38. The number of methoxy groups -OCH3 is 1. The topological polar surface area (TPSA) is 101 Å². The first-order chi connectivity index (χ1) is 16.9. The number of carbonyl (C=O) groups excluding carboxylic acids is 3. The number of hydrogen-bond donors (Lipinski definition) is 0. The fourth-order valence-electron chi connectivity index (χ4n) is 8.07. The van der Waals surface area contributed by atoms with E-state index in [2.05, 4.69) is 20.4 Å². The third-order valence-corrected chi connectivity index (χ3v) is 10.0. The molecule has 0 radical (unpaired) electrons. The van der Waals surface area contributed by atoms with E-state index in [0.717, 1.165) is 17.6 Å². The summed E-state index contributed by atoms with van der Waals surface area (Å²) in [5.74, 6) is -1.67. The minimum Gasteiger partial charge on any atom is -0.472 e. The molecule has 1 aliphatic carbocycles. The molecular formula is C28H36O8. The van der Waals surface area contributed by atoms with Crippen molar-refractivity contribution in [3.05, 3.63) is 36.3 Å². The Balaban J connectivity index is 1.65. The summed E-state index contributed by atoms with van der Waals surface area (Å²) >= 11 is 0. The first-order valence-corrected chi connectivity index (χ1v) is 12.7. The Labute approximate surface area is 211 Å². The van der Waals surface area contributed by atoms with Crippen molar-refractivity contribution in [1.29, 1.82) is 0 Å². The molecule has 4 fully saturated rings. The van der Waals surface area contributed by atoms with Crippen molar-refractivity contribution >= 4 is 17.9 Å². The van der Waals surface area contributed by atoms with Crippen molar-refractivity contribution in [3.63, 3.8) is 0 Å². The monoisotopic (exact) mass is 500 g/mol. The second-order valence-corrected chi connectivity index (χ2v) is 12.0. The molecule has 7 atom stereocenters. The van der Waals surface area contributed by atoms with E-state index in [0.29, 0.717) is 6.42 Å². The zero-order valence-corrected chi connectivity index (χ0v) is 21.8. The van der Waals surface area contributed by atoms with Gasteiger partial charge in [0.2, 0.25) is 0 Å². The molecule has 3 aliphatic heterocycles. The molecule has 5 rings (SSSR count). The van der Waals surface area contributed by atoms with E-state index < -0.39 is 28.1 Å². The summed E-state index contributed by atoms with van der Waals surface area (Å²) in [5, 5.41) is 0. The van der Waals surface area contributed by atoms with Crippen molar-refractivity contribution in [3.8, 4) is 0 Å². The fourth-order valence-corrected chi connectivity index (χ4v) is 8.07. The molecule has 8 heteroatoms. The molecule has 2 bridgehead atoms. The average molecular weight is 501 g/mol. The Morgan fingerprint density at radius 3 is 2.61 bits per heavy atom. The Hall–Kier alpha value is -2.61. The van der Waals surface area contributed by atoms with Crippen LogP contribution in [0.1, 0.15) is 71.5 Å². The minimum absolute atomic E-state index is 0.0610.